The van der Waals surface area contributed by atoms with Gasteiger partial charge < -0.3 is 19.7 Å². The van der Waals surface area contributed by atoms with E-state index in [-0.39, 0.29) is 31.2 Å². The second kappa shape index (κ2) is 12.3. The highest BCUT2D eigenvalue weighted by Gasteiger charge is 2.05. The zero-order valence-corrected chi connectivity index (χ0v) is 17.6. The van der Waals surface area contributed by atoms with Gasteiger partial charge in [0.15, 0.2) is 23.1 Å². The molecule has 0 aromatic heterocycles. The first kappa shape index (κ1) is 23.8. The van der Waals surface area contributed by atoms with Crippen LogP contribution in [0.15, 0.2) is 60.7 Å². The van der Waals surface area contributed by atoms with Crippen molar-refractivity contribution < 1.29 is 29.3 Å². The molecule has 0 heterocycles. The summed E-state index contributed by atoms with van der Waals surface area (Å²) in [6.07, 6.45) is 9.10. The molecule has 0 radical (unpaired) electrons. The van der Waals surface area contributed by atoms with E-state index in [1.807, 2.05) is 0 Å². The average molecular weight is 422 g/mol. The van der Waals surface area contributed by atoms with Crippen molar-refractivity contribution in [2.75, 3.05) is 14.2 Å². The van der Waals surface area contributed by atoms with Crippen molar-refractivity contribution in [3.63, 3.8) is 0 Å². The molecule has 0 atom stereocenters. The number of ketones is 2. The van der Waals surface area contributed by atoms with E-state index in [9.17, 15) is 19.8 Å². The molecular weight excluding hydrogens is 396 g/mol. The van der Waals surface area contributed by atoms with Crippen molar-refractivity contribution in [3.8, 4) is 11.5 Å². The average Bonchev–Trinajstić information content (AvgIpc) is 2.79. The Morgan fingerprint density at radius 2 is 1.42 bits per heavy atom. The van der Waals surface area contributed by atoms with E-state index in [1.165, 1.54) is 19.3 Å². The van der Waals surface area contributed by atoms with Gasteiger partial charge in [0.2, 0.25) is 0 Å². The largest absolute Gasteiger partial charge is 0.493 e. The Balaban J connectivity index is 1.90. The molecule has 0 spiro atoms. The van der Waals surface area contributed by atoms with Gasteiger partial charge in [-0.2, -0.15) is 0 Å². The first-order chi connectivity index (χ1) is 15.0. The Morgan fingerprint density at radius 1 is 0.774 bits per heavy atom. The van der Waals surface area contributed by atoms with Crippen LogP contribution in [0.25, 0.3) is 12.2 Å². The molecule has 31 heavy (non-hydrogen) atoms. The number of benzene rings is 2. The van der Waals surface area contributed by atoms with E-state index >= 15 is 0 Å². The number of hydrogen-bond acceptors (Lipinski definition) is 6. The number of rotatable bonds is 11. The van der Waals surface area contributed by atoms with Crippen LogP contribution in [-0.4, -0.2) is 36.0 Å². The molecule has 6 heteroatoms. The Morgan fingerprint density at radius 3 is 2.10 bits per heavy atom. The Kier molecular flexibility index (Phi) is 9.42. The van der Waals surface area contributed by atoms with Gasteiger partial charge in [0.05, 0.1) is 33.9 Å². The van der Waals surface area contributed by atoms with E-state index < -0.39 is 0 Å². The third kappa shape index (κ3) is 7.37. The molecule has 0 fully saturated rings. The molecule has 0 amide bonds. The third-order valence-electron chi connectivity index (χ3n) is 4.47. The SMILES string of the molecule is COc1ccc(/C=C/C(=O)CC(=O)/C=C/C=C/c2ccc(CO)c(CO)c2)cc1OC. The lowest BCUT2D eigenvalue weighted by molar-refractivity contribution is -0.121. The molecular formula is C25H26O6. The molecule has 162 valence electrons. The highest BCUT2D eigenvalue weighted by molar-refractivity contribution is 6.09. The van der Waals surface area contributed by atoms with Crippen LogP contribution in [0.2, 0.25) is 0 Å². The standard InChI is InChI=1S/C25H26O6/c1-30-24-12-9-19(14-25(24)31-2)8-11-23(29)15-22(28)6-4-3-5-18-7-10-20(16-26)21(13-18)17-27/h3-14,26-27H,15-17H2,1-2H3/b5-3+,6-4+,11-8+. The Bertz CT molecular complexity index is 1000. The number of carbonyl (C=O) groups excluding carboxylic acids is 2. The van der Waals surface area contributed by atoms with Crippen LogP contribution in [-0.2, 0) is 22.8 Å². The second-order valence-electron chi connectivity index (χ2n) is 6.62. The van der Waals surface area contributed by atoms with Gasteiger partial charge in [-0.1, -0.05) is 42.5 Å². The maximum Gasteiger partial charge on any atom is 0.163 e. The fourth-order valence-corrected chi connectivity index (χ4v) is 2.82. The van der Waals surface area contributed by atoms with E-state index in [4.69, 9.17) is 9.47 Å². The molecule has 2 aromatic carbocycles. The van der Waals surface area contributed by atoms with Crippen molar-refractivity contribution in [2.45, 2.75) is 19.6 Å². The number of hydrogen-bond donors (Lipinski definition) is 2. The summed E-state index contributed by atoms with van der Waals surface area (Å²) in [6, 6.07) is 10.6. The van der Waals surface area contributed by atoms with Crippen molar-refractivity contribution >= 4 is 23.7 Å². The number of aliphatic hydroxyl groups is 2. The van der Waals surface area contributed by atoms with E-state index in [1.54, 1.807) is 67.8 Å². The molecule has 0 unspecified atom stereocenters. The monoisotopic (exact) mass is 422 g/mol. The van der Waals surface area contributed by atoms with Gasteiger partial charge in [-0.15, -0.1) is 0 Å². The minimum atomic E-state index is -0.307. The molecule has 0 saturated heterocycles. The van der Waals surface area contributed by atoms with Crippen LogP contribution in [0.3, 0.4) is 0 Å². The van der Waals surface area contributed by atoms with Crippen LogP contribution in [0.5, 0.6) is 11.5 Å². The number of carbonyl (C=O) groups is 2. The minimum Gasteiger partial charge on any atom is -0.493 e. The molecule has 0 aliphatic heterocycles. The number of ether oxygens (including phenoxy) is 2. The topological polar surface area (TPSA) is 93.1 Å². The predicted molar refractivity (Wildman–Crippen MR) is 120 cm³/mol. The summed E-state index contributed by atoms with van der Waals surface area (Å²) in [5.41, 5.74) is 2.90. The number of allylic oxidation sites excluding steroid dienone is 4. The zero-order valence-electron chi connectivity index (χ0n) is 17.6. The number of methoxy groups -OCH3 is 2. The smallest absolute Gasteiger partial charge is 0.163 e. The zero-order chi connectivity index (χ0) is 22.6. The summed E-state index contributed by atoms with van der Waals surface area (Å²) in [5.74, 6) is 0.537. The lowest BCUT2D eigenvalue weighted by Gasteiger charge is -2.07. The maximum atomic E-state index is 12.0. The van der Waals surface area contributed by atoms with Gasteiger partial charge in [0, 0.05) is 0 Å². The molecule has 0 aliphatic rings. The quantitative estimate of drug-likeness (QED) is 0.327. The minimum absolute atomic E-state index is 0.136. The first-order valence-corrected chi connectivity index (χ1v) is 9.64. The van der Waals surface area contributed by atoms with Gasteiger partial charge in [-0.3, -0.25) is 9.59 Å². The summed E-state index contributed by atoms with van der Waals surface area (Å²) in [5, 5.41) is 18.5. The summed E-state index contributed by atoms with van der Waals surface area (Å²) >= 11 is 0. The van der Waals surface area contributed by atoms with Gasteiger partial charge in [0.1, 0.15) is 0 Å². The van der Waals surface area contributed by atoms with Gasteiger partial charge in [-0.05, 0) is 52.6 Å². The van der Waals surface area contributed by atoms with Gasteiger partial charge in [0.25, 0.3) is 0 Å². The molecule has 0 aliphatic carbocycles. The first-order valence-electron chi connectivity index (χ1n) is 9.64. The normalized spacial score (nSPS) is 11.5. The summed E-state index contributed by atoms with van der Waals surface area (Å²) in [4.78, 5) is 24.0. The second-order valence-corrected chi connectivity index (χ2v) is 6.62. The van der Waals surface area contributed by atoms with Crippen molar-refractivity contribution in [1.29, 1.82) is 0 Å². The Hall–Kier alpha value is -3.48. The van der Waals surface area contributed by atoms with Crippen LogP contribution in [0.1, 0.15) is 28.7 Å². The molecule has 6 nitrogen and oxygen atoms in total. The number of aliphatic hydroxyl groups excluding tert-OH is 2. The summed E-state index contributed by atoms with van der Waals surface area (Å²) in [6.45, 7) is -0.298. The van der Waals surface area contributed by atoms with Crippen molar-refractivity contribution in [1.82, 2.24) is 0 Å². The Labute approximate surface area is 181 Å². The maximum absolute atomic E-state index is 12.0. The lowest BCUT2D eigenvalue weighted by Crippen LogP contribution is -2.01. The van der Waals surface area contributed by atoms with Gasteiger partial charge >= 0.3 is 0 Å². The molecule has 0 bridgehead atoms. The van der Waals surface area contributed by atoms with Crippen LogP contribution in [0.4, 0.5) is 0 Å². The third-order valence-corrected chi connectivity index (χ3v) is 4.47. The van der Waals surface area contributed by atoms with E-state index in [0.29, 0.717) is 22.6 Å². The predicted octanol–water partition coefficient (Wildman–Crippen LogP) is 3.50. The summed E-state index contributed by atoms with van der Waals surface area (Å²) in [7, 11) is 3.08. The van der Waals surface area contributed by atoms with Crippen LogP contribution in [0, 0.1) is 0 Å². The van der Waals surface area contributed by atoms with E-state index in [0.717, 1.165) is 11.1 Å². The summed E-state index contributed by atoms with van der Waals surface area (Å²) < 4.78 is 10.4. The van der Waals surface area contributed by atoms with Crippen LogP contribution < -0.4 is 9.47 Å². The van der Waals surface area contributed by atoms with Crippen molar-refractivity contribution in [3.05, 3.63) is 83.0 Å². The highest BCUT2D eigenvalue weighted by Crippen LogP contribution is 2.28. The fraction of sp³-hybridized carbons (Fsp3) is 0.200. The van der Waals surface area contributed by atoms with Crippen molar-refractivity contribution in [2.24, 2.45) is 0 Å². The van der Waals surface area contributed by atoms with Crippen LogP contribution >= 0.6 is 0 Å². The molecule has 0 saturated carbocycles. The van der Waals surface area contributed by atoms with Gasteiger partial charge in [-0.25, -0.2) is 0 Å². The fourth-order valence-electron chi connectivity index (χ4n) is 2.82. The molecule has 2 N–H and O–H groups in total. The highest BCUT2D eigenvalue weighted by atomic mass is 16.5. The lowest BCUT2D eigenvalue weighted by atomic mass is 10.0. The van der Waals surface area contributed by atoms with E-state index in [2.05, 4.69) is 0 Å². The molecule has 2 rings (SSSR count). The molecule has 2 aromatic rings.